The fourth-order valence-electron chi connectivity index (χ4n) is 3.89. The summed E-state index contributed by atoms with van der Waals surface area (Å²) in [6.45, 7) is 4.66. The standard InChI is InChI=1S/C29H36N2O6S/c1-5-19-37-26-11-7-6-9-23(26)10-8-18-30-29(32)21-31(24-14-12-22(2)13-15-24)38(33,34)25-16-17-27(35-3)28(20-25)36-4/h6-7,9,11-17,20H,5,8,10,18-19,21H2,1-4H3,(H,30,32). The molecule has 0 bridgehead atoms. The van der Waals surface area contributed by atoms with E-state index < -0.39 is 15.9 Å². The van der Waals surface area contributed by atoms with Crippen molar-refractivity contribution in [2.45, 2.75) is 38.0 Å². The Morgan fingerprint density at radius 3 is 2.32 bits per heavy atom. The molecule has 0 saturated heterocycles. The molecule has 0 aliphatic rings. The Morgan fingerprint density at radius 2 is 1.63 bits per heavy atom. The van der Waals surface area contributed by atoms with Gasteiger partial charge in [-0.3, -0.25) is 9.10 Å². The Kier molecular flexibility index (Phi) is 10.4. The molecule has 0 aliphatic heterocycles. The number of rotatable bonds is 14. The molecule has 38 heavy (non-hydrogen) atoms. The van der Waals surface area contributed by atoms with Gasteiger partial charge in [-0.15, -0.1) is 0 Å². The molecule has 0 aliphatic carbocycles. The number of methoxy groups -OCH3 is 2. The summed E-state index contributed by atoms with van der Waals surface area (Å²) in [4.78, 5) is 12.9. The third-order valence-corrected chi connectivity index (χ3v) is 7.70. The molecular formula is C29H36N2O6S. The highest BCUT2D eigenvalue weighted by atomic mass is 32.2. The van der Waals surface area contributed by atoms with Crippen LogP contribution >= 0.6 is 0 Å². The molecule has 0 saturated carbocycles. The fraction of sp³-hybridized carbons (Fsp3) is 0.345. The van der Waals surface area contributed by atoms with E-state index in [9.17, 15) is 13.2 Å². The minimum atomic E-state index is -4.09. The van der Waals surface area contributed by atoms with Crippen LogP contribution in [0.3, 0.4) is 0 Å². The number of nitrogens with one attached hydrogen (secondary N) is 1. The van der Waals surface area contributed by atoms with Gasteiger partial charge >= 0.3 is 0 Å². The number of hydrogen-bond donors (Lipinski definition) is 1. The molecule has 0 radical (unpaired) electrons. The zero-order valence-corrected chi connectivity index (χ0v) is 23.2. The molecule has 3 aromatic rings. The topological polar surface area (TPSA) is 94.2 Å². The monoisotopic (exact) mass is 540 g/mol. The van der Waals surface area contributed by atoms with Crippen LogP contribution in [0.4, 0.5) is 5.69 Å². The van der Waals surface area contributed by atoms with Gasteiger partial charge in [-0.2, -0.15) is 0 Å². The summed E-state index contributed by atoms with van der Waals surface area (Å²) in [6, 6.07) is 19.2. The number of nitrogens with zero attached hydrogens (tertiary/aromatic N) is 1. The van der Waals surface area contributed by atoms with Gasteiger partial charge < -0.3 is 19.5 Å². The Labute approximate surface area is 225 Å². The fourth-order valence-corrected chi connectivity index (χ4v) is 5.32. The van der Waals surface area contributed by atoms with Crippen LogP contribution < -0.4 is 23.8 Å². The van der Waals surface area contributed by atoms with Crippen molar-refractivity contribution in [1.29, 1.82) is 0 Å². The molecular weight excluding hydrogens is 504 g/mol. The van der Waals surface area contributed by atoms with Crippen molar-refractivity contribution in [1.82, 2.24) is 5.32 Å². The molecule has 0 spiro atoms. The average molecular weight is 541 g/mol. The van der Waals surface area contributed by atoms with Crippen LogP contribution in [0.15, 0.2) is 71.6 Å². The van der Waals surface area contributed by atoms with Crippen LogP contribution in [0.25, 0.3) is 0 Å². The summed E-state index contributed by atoms with van der Waals surface area (Å²) < 4.78 is 44.8. The Balaban J connectivity index is 1.73. The second-order valence-electron chi connectivity index (χ2n) is 8.77. The number of carbonyl (C=O) groups excluding carboxylic acids is 1. The lowest BCUT2D eigenvalue weighted by Gasteiger charge is -2.24. The third kappa shape index (κ3) is 7.41. The van der Waals surface area contributed by atoms with Crippen molar-refractivity contribution in [3.63, 3.8) is 0 Å². The lowest BCUT2D eigenvalue weighted by Crippen LogP contribution is -2.41. The molecule has 9 heteroatoms. The van der Waals surface area contributed by atoms with Crippen molar-refractivity contribution in [2.75, 3.05) is 38.2 Å². The predicted octanol–water partition coefficient (Wildman–Crippen LogP) is 4.75. The summed E-state index contributed by atoms with van der Waals surface area (Å²) in [5, 5.41) is 2.86. The molecule has 1 N–H and O–H groups in total. The maximum absolute atomic E-state index is 13.7. The normalized spacial score (nSPS) is 11.1. The van der Waals surface area contributed by atoms with E-state index in [2.05, 4.69) is 12.2 Å². The van der Waals surface area contributed by atoms with E-state index in [4.69, 9.17) is 14.2 Å². The summed E-state index contributed by atoms with van der Waals surface area (Å²) in [5.74, 6) is 1.15. The molecule has 3 aromatic carbocycles. The van der Waals surface area contributed by atoms with E-state index >= 15 is 0 Å². The number of carbonyl (C=O) groups is 1. The highest BCUT2D eigenvalue weighted by Gasteiger charge is 2.28. The third-order valence-electron chi connectivity index (χ3n) is 5.93. The number of aryl methyl sites for hydroxylation is 2. The van der Waals surface area contributed by atoms with E-state index in [0.717, 1.165) is 34.0 Å². The predicted molar refractivity (Wildman–Crippen MR) is 149 cm³/mol. The first-order valence-corrected chi connectivity index (χ1v) is 14.0. The van der Waals surface area contributed by atoms with Gasteiger partial charge in [0, 0.05) is 12.6 Å². The number of sulfonamides is 1. The number of benzene rings is 3. The van der Waals surface area contributed by atoms with Crippen LogP contribution in [0, 0.1) is 6.92 Å². The Morgan fingerprint density at radius 1 is 0.921 bits per heavy atom. The van der Waals surface area contributed by atoms with Gasteiger partial charge in [0.25, 0.3) is 10.0 Å². The van der Waals surface area contributed by atoms with Crippen LogP contribution in [0.2, 0.25) is 0 Å². The van der Waals surface area contributed by atoms with E-state index in [0.29, 0.717) is 31.0 Å². The first kappa shape index (κ1) is 28.8. The van der Waals surface area contributed by atoms with Gasteiger partial charge in [-0.25, -0.2) is 8.42 Å². The van der Waals surface area contributed by atoms with Crippen molar-refractivity contribution in [3.05, 3.63) is 77.9 Å². The van der Waals surface area contributed by atoms with Gasteiger partial charge in [0.2, 0.25) is 5.91 Å². The van der Waals surface area contributed by atoms with Crippen molar-refractivity contribution in [3.8, 4) is 17.2 Å². The molecule has 3 rings (SSSR count). The largest absolute Gasteiger partial charge is 0.493 e. The maximum Gasteiger partial charge on any atom is 0.264 e. The summed E-state index contributed by atoms with van der Waals surface area (Å²) in [7, 11) is -1.17. The maximum atomic E-state index is 13.7. The quantitative estimate of drug-likeness (QED) is 0.297. The molecule has 1 amide bonds. The van der Waals surface area contributed by atoms with E-state index in [-0.39, 0.29) is 17.2 Å². The van der Waals surface area contributed by atoms with Gasteiger partial charge in [-0.1, -0.05) is 42.8 Å². The summed E-state index contributed by atoms with van der Waals surface area (Å²) in [6.07, 6.45) is 2.34. The molecule has 0 aromatic heterocycles. The molecule has 204 valence electrons. The highest BCUT2D eigenvalue weighted by molar-refractivity contribution is 7.92. The van der Waals surface area contributed by atoms with Crippen LogP contribution in [0.5, 0.6) is 17.2 Å². The zero-order valence-electron chi connectivity index (χ0n) is 22.4. The SMILES string of the molecule is CCCOc1ccccc1CCCNC(=O)CN(c1ccc(C)cc1)S(=O)(=O)c1ccc(OC)c(OC)c1. The minimum absolute atomic E-state index is 0.00721. The van der Waals surface area contributed by atoms with Crippen LogP contribution in [-0.4, -0.2) is 48.2 Å². The zero-order chi connectivity index (χ0) is 27.5. The lowest BCUT2D eigenvalue weighted by atomic mass is 10.1. The number of anilines is 1. The first-order valence-electron chi connectivity index (χ1n) is 12.6. The number of amides is 1. The van der Waals surface area contributed by atoms with Gasteiger partial charge in [-0.05, 0) is 62.1 Å². The van der Waals surface area contributed by atoms with E-state index in [1.165, 1.54) is 32.4 Å². The lowest BCUT2D eigenvalue weighted by molar-refractivity contribution is -0.119. The average Bonchev–Trinajstić information content (AvgIpc) is 2.93. The van der Waals surface area contributed by atoms with Crippen LogP contribution in [-0.2, 0) is 21.2 Å². The number of ether oxygens (including phenoxy) is 3. The molecule has 0 unspecified atom stereocenters. The van der Waals surface area contributed by atoms with Gasteiger partial charge in [0.05, 0.1) is 31.4 Å². The minimum Gasteiger partial charge on any atom is -0.493 e. The summed E-state index contributed by atoms with van der Waals surface area (Å²) in [5.41, 5.74) is 2.44. The second-order valence-corrected chi connectivity index (χ2v) is 10.6. The van der Waals surface area contributed by atoms with E-state index in [1.807, 2.05) is 43.3 Å². The number of hydrogen-bond acceptors (Lipinski definition) is 6. The van der Waals surface area contributed by atoms with Gasteiger partial charge in [0.15, 0.2) is 11.5 Å². The van der Waals surface area contributed by atoms with Gasteiger partial charge in [0.1, 0.15) is 12.3 Å². The Hall–Kier alpha value is -3.72. The molecule has 0 heterocycles. The van der Waals surface area contributed by atoms with Crippen molar-refractivity contribution in [2.24, 2.45) is 0 Å². The Bertz CT molecular complexity index is 1310. The first-order chi connectivity index (χ1) is 18.3. The highest BCUT2D eigenvalue weighted by Crippen LogP contribution is 2.32. The van der Waals surface area contributed by atoms with Crippen molar-refractivity contribution < 1.29 is 27.4 Å². The summed E-state index contributed by atoms with van der Waals surface area (Å²) >= 11 is 0. The molecule has 8 nitrogen and oxygen atoms in total. The molecule has 0 fully saturated rings. The van der Waals surface area contributed by atoms with Crippen molar-refractivity contribution >= 4 is 21.6 Å². The smallest absolute Gasteiger partial charge is 0.264 e. The second kappa shape index (κ2) is 13.7. The molecule has 0 atom stereocenters. The van der Waals surface area contributed by atoms with E-state index in [1.54, 1.807) is 12.1 Å². The van der Waals surface area contributed by atoms with Crippen LogP contribution in [0.1, 0.15) is 30.9 Å². The number of para-hydroxylation sites is 1.